The first-order chi connectivity index (χ1) is 11.6. The van der Waals surface area contributed by atoms with Crippen molar-refractivity contribution in [3.05, 3.63) is 28.1 Å². The van der Waals surface area contributed by atoms with Crippen molar-refractivity contribution in [1.29, 1.82) is 0 Å². The van der Waals surface area contributed by atoms with Crippen LogP contribution in [-0.4, -0.2) is 42.7 Å². The van der Waals surface area contributed by atoms with Gasteiger partial charge in [0.15, 0.2) is 6.61 Å². The molecule has 1 amide bonds. The van der Waals surface area contributed by atoms with Gasteiger partial charge < -0.3 is 14.8 Å². The molecule has 0 unspecified atom stereocenters. The topological polar surface area (TPSA) is 77.5 Å². The summed E-state index contributed by atoms with van der Waals surface area (Å²) in [6.07, 6.45) is 2.04. The Labute approximate surface area is 147 Å². The molecule has 6 nitrogen and oxygen atoms in total. The van der Waals surface area contributed by atoms with Gasteiger partial charge in [-0.15, -0.1) is 22.7 Å². The van der Waals surface area contributed by atoms with Crippen molar-refractivity contribution < 1.29 is 19.1 Å². The maximum absolute atomic E-state index is 12.2. The van der Waals surface area contributed by atoms with Crippen molar-refractivity contribution in [3.63, 3.8) is 0 Å². The molecule has 128 valence electrons. The Kier molecular flexibility index (Phi) is 5.60. The van der Waals surface area contributed by atoms with Crippen molar-refractivity contribution in [2.45, 2.75) is 25.9 Å². The minimum Gasteiger partial charge on any atom is -0.451 e. The number of carbonyl (C=O) groups is 2. The molecule has 2 aromatic heterocycles. The summed E-state index contributed by atoms with van der Waals surface area (Å²) >= 11 is 2.85. The molecule has 1 atom stereocenters. The number of aromatic nitrogens is 1. The summed E-state index contributed by atoms with van der Waals surface area (Å²) in [4.78, 5) is 29.8. The van der Waals surface area contributed by atoms with Crippen LogP contribution in [-0.2, 0) is 14.3 Å². The number of amides is 1. The predicted octanol–water partition coefficient (Wildman–Crippen LogP) is 2.63. The number of esters is 1. The van der Waals surface area contributed by atoms with E-state index in [9.17, 15) is 9.59 Å². The molecule has 1 fully saturated rings. The molecular weight excluding hydrogens is 348 g/mol. The van der Waals surface area contributed by atoms with Gasteiger partial charge in [-0.2, -0.15) is 0 Å². The van der Waals surface area contributed by atoms with Crippen LogP contribution in [0.4, 0.5) is 0 Å². The lowest BCUT2D eigenvalue weighted by atomic mass is 10.2. The van der Waals surface area contributed by atoms with Gasteiger partial charge in [0.2, 0.25) is 0 Å². The SMILES string of the molecule is Cc1nc(-c2cccs2)sc1C(=O)OCC(=O)NC[C@H]1CCCO1. The number of thiophene rings is 1. The Morgan fingerprint density at radius 2 is 2.38 bits per heavy atom. The van der Waals surface area contributed by atoms with Gasteiger partial charge in [-0.1, -0.05) is 6.07 Å². The van der Waals surface area contributed by atoms with E-state index in [0.29, 0.717) is 17.1 Å². The molecule has 24 heavy (non-hydrogen) atoms. The summed E-state index contributed by atoms with van der Waals surface area (Å²) in [5.74, 6) is -0.834. The van der Waals surface area contributed by atoms with Crippen LogP contribution in [0.2, 0.25) is 0 Å². The van der Waals surface area contributed by atoms with Gasteiger partial charge in [0.25, 0.3) is 5.91 Å². The summed E-state index contributed by atoms with van der Waals surface area (Å²) < 4.78 is 10.5. The highest BCUT2D eigenvalue weighted by molar-refractivity contribution is 7.22. The summed E-state index contributed by atoms with van der Waals surface area (Å²) in [5.41, 5.74) is 0.619. The molecule has 3 heterocycles. The largest absolute Gasteiger partial charge is 0.451 e. The van der Waals surface area contributed by atoms with Crippen molar-refractivity contribution in [2.75, 3.05) is 19.8 Å². The number of aryl methyl sites for hydroxylation is 1. The van der Waals surface area contributed by atoms with Gasteiger partial charge in [0.1, 0.15) is 9.88 Å². The maximum atomic E-state index is 12.2. The molecule has 0 bridgehead atoms. The maximum Gasteiger partial charge on any atom is 0.350 e. The van der Waals surface area contributed by atoms with E-state index in [4.69, 9.17) is 9.47 Å². The van der Waals surface area contributed by atoms with Crippen molar-refractivity contribution in [1.82, 2.24) is 10.3 Å². The van der Waals surface area contributed by atoms with E-state index in [-0.39, 0.29) is 18.6 Å². The molecule has 1 saturated heterocycles. The van der Waals surface area contributed by atoms with E-state index in [1.807, 2.05) is 17.5 Å². The lowest BCUT2D eigenvalue weighted by Gasteiger charge is -2.10. The second-order valence-corrected chi connectivity index (χ2v) is 7.37. The average molecular weight is 366 g/mol. The standard InChI is InChI=1S/C16H18N2O4S2/c1-10-14(24-15(18-10)12-5-3-7-23-12)16(20)22-9-13(19)17-8-11-4-2-6-21-11/h3,5,7,11H,2,4,6,8-9H2,1H3,(H,17,19)/t11-/m1/s1. The van der Waals surface area contributed by atoms with E-state index in [0.717, 1.165) is 29.3 Å². The quantitative estimate of drug-likeness (QED) is 0.795. The molecule has 8 heteroatoms. The first kappa shape index (κ1) is 17.1. The normalized spacial score (nSPS) is 17.0. The van der Waals surface area contributed by atoms with Crippen LogP contribution in [0, 0.1) is 6.92 Å². The smallest absolute Gasteiger partial charge is 0.350 e. The third kappa shape index (κ3) is 4.19. The van der Waals surface area contributed by atoms with E-state index in [1.165, 1.54) is 11.3 Å². The fourth-order valence-electron chi connectivity index (χ4n) is 2.37. The molecule has 0 radical (unpaired) electrons. The van der Waals surface area contributed by atoms with Gasteiger partial charge >= 0.3 is 5.97 Å². The van der Waals surface area contributed by atoms with Crippen LogP contribution < -0.4 is 5.32 Å². The van der Waals surface area contributed by atoms with Crippen LogP contribution in [0.1, 0.15) is 28.2 Å². The average Bonchev–Trinajstić information content (AvgIpc) is 3.30. The number of nitrogens with zero attached hydrogens (tertiary/aromatic N) is 1. The minimum atomic E-state index is -0.514. The van der Waals surface area contributed by atoms with Gasteiger partial charge in [0.05, 0.1) is 16.7 Å². The van der Waals surface area contributed by atoms with Crippen LogP contribution in [0.5, 0.6) is 0 Å². The monoisotopic (exact) mass is 366 g/mol. The van der Waals surface area contributed by atoms with Crippen LogP contribution in [0.3, 0.4) is 0 Å². The number of hydrogen-bond acceptors (Lipinski definition) is 7. The van der Waals surface area contributed by atoms with E-state index >= 15 is 0 Å². The number of thiazole rings is 1. The second kappa shape index (κ2) is 7.87. The lowest BCUT2D eigenvalue weighted by molar-refractivity contribution is -0.124. The molecule has 0 spiro atoms. The summed E-state index contributed by atoms with van der Waals surface area (Å²) in [6.45, 7) is 2.67. The Balaban J connectivity index is 1.50. The molecular formula is C16H18N2O4S2. The van der Waals surface area contributed by atoms with E-state index in [2.05, 4.69) is 10.3 Å². The Hall–Kier alpha value is -1.77. The zero-order chi connectivity index (χ0) is 16.9. The highest BCUT2D eigenvalue weighted by Gasteiger charge is 2.20. The molecule has 0 aromatic carbocycles. The highest BCUT2D eigenvalue weighted by Crippen LogP contribution is 2.31. The third-order valence-electron chi connectivity index (χ3n) is 3.60. The molecule has 2 aromatic rings. The Bertz CT molecular complexity index is 706. The van der Waals surface area contributed by atoms with Gasteiger partial charge in [-0.05, 0) is 31.2 Å². The molecule has 1 aliphatic rings. The van der Waals surface area contributed by atoms with Crippen LogP contribution >= 0.6 is 22.7 Å². The zero-order valence-corrected chi connectivity index (χ0v) is 14.9. The van der Waals surface area contributed by atoms with Crippen LogP contribution in [0.15, 0.2) is 17.5 Å². The lowest BCUT2D eigenvalue weighted by Crippen LogP contribution is -2.34. The first-order valence-electron chi connectivity index (χ1n) is 7.70. The molecule has 3 rings (SSSR count). The summed E-state index contributed by atoms with van der Waals surface area (Å²) in [7, 11) is 0. The van der Waals surface area contributed by atoms with Gasteiger partial charge in [-0.25, -0.2) is 9.78 Å². The minimum absolute atomic E-state index is 0.0711. The Morgan fingerprint density at radius 1 is 1.50 bits per heavy atom. The van der Waals surface area contributed by atoms with Crippen molar-refractivity contribution >= 4 is 34.6 Å². The molecule has 0 aliphatic carbocycles. The summed E-state index contributed by atoms with van der Waals surface area (Å²) in [5, 5.41) is 5.47. The second-order valence-electron chi connectivity index (χ2n) is 5.43. The highest BCUT2D eigenvalue weighted by atomic mass is 32.1. The number of ether oxygens (including phenoxy) is 2. The summed E-state index contributed by atoms with van der Waals surface area (Å²) in [6, 6.07) is 3.89. The molecule has 1 N–H and O–H groups in total. The number of rotatable bonds is 6. The zero-order valence-electron chi connectivity index (χ0n) is 13.2. The van der Waals surface area contributed by atoms with Gasteiger partial charge in [0, 0.05) is 13.2 Å². The fourth-order valence-corrected chi connectivity index (χ4v) is 4.13. The first-order valence-corrected chi connectivity index (χ1v) is 9.40. The molecule has 0 saturated carbocycles. The number of hydrogen-bond donors (Lipinski definition) is 1. The van der Waals surface area contributed by atoms with E-state index in [1.54, 1.807) is 18.3 Å². The van der Waals surface area contributed by atoms with Crippen molar-refractivity contribution in [2.24, 2.45) is 0 Å². The fraction of sp³-hybridized carbons (Fsp3) is 0.438. The van der Waals surface area contributed by atoms with Crippen LogP contribution in [0.25, 0.3) is 9.88 Å². The third-order valence-corrected chi connectivity index (χ3v) is 5.78. The van der Waals surface area contributed by atoms with Gasteiger partial charge in [-0.3, -0.25) is 4.79 Å². The van der Waals surface area contributed by atoms with E-state index < -0.39 is 5.97 Å². The Morgan fingerprint density at radius 3 is 3.08 bits per heavy atom. The predicted molar refractivity (Wildman–Crippen MR) is 92.4 cm³/mol. The number of carbonyl (C=O) groups excluding carboxylic acids is 2. The molecule has 1 aliphatic heterocycles. The number of nitrogens with one attached hydrogen (secondary N) is 1. The van der Waals surface area contributed by atoms with Crippen molar-refractivity contribution in [3.8, 4) is 9.88 Å².